The molecule has 0 unspecified atom stereocenters. The highest BCUT2D eigenvalue weighted by Gasteiger charge is 2.23. The number of carbonyl (C=O) groups excluding carboxylic acids is 1. The minimum Gasteiger partial charge on any atom is -0.497 e. The molecule has 1 amide bonds. The number of para-hydroxylation sites is 1. The molecule has 0 atom stereocenters. The molecule has 1 aliphatic heterocycles. The third kappa shape index (κ3) is 7.14. The van der Waals surface area contributed by atoms with Crippen LogP contribution in [-0.4, -0.2) is 38.1 Å². The number of nitrogens with zero attached hydrogens (tertiary/aromatic N) is 1. The quantitative estimate of drug-likeness (QED) is 0.764. The van der Waals surface area contributed by atoms with Gasteiger partial charge in [-0.1, -0.05) is 39.0 Å². The summed E-state index contributed by atoms with van der Waals surface area (Å²) in [5.41, 5.74) is 6.79. The molecule has 1 heterocycles. The summed E-state index contributed by atoms with van der Waals surface area (Å²) in [5.74, 6) is 2.02. The lowest BCUT2D eigenvalue weighted by molar-refractivity contribution is 0.0694. The van der Waals surface area contributed by atoms with Crippen molar-refractivity contribution >= 4 is 11.6 Å². The first-order chi connectivity index (χ1) is 13.5. The van der Waals surface area contributed by atoms with Crippen LogP contribution in [0.5, 0.6) is 11.5 Å². The number of nitrogens with two attached hydrogens (primary N) is 1. The van der Waals surface area contributed by atoms with Crippen LogP contribution in [0.2, 0.25) is 0 Å². The first kappa shape index (κ1) is 23.3. The number of likely N-dealkylation sites (tertiary alicyclic amines) is 1. The lowest BCUT2D eigenvalue weighted by atomic mass is 9.98. The predicted molar refractivity (Wildman–Crippen MR) is 116 cm³/mol. The lowest BCUT2D eigenvalue weighted by Gasteiger charge is -2.30. The molecule has 2 aromatic carbocycles. The van der Waals surface area contributed by atoms with Gasteiger partial charge in [0.15, 0.2) is 0 Å². The van der Waals surface area contributed by atoms with Crippen LogP contribution in [0, 0.1) is 5.92 Å². The second-order valence-corrected chi connectivity index (χ2v) is 6.45. The molecule has 0 aliphatic carbocycles. The largest absolute Gasteiger partial charge is 0.497 e. The molecule has 5 heteroatoms. The van der Waals surface area contributed by atoms with E-state index in [2.05, 4.69) is 6.92 Å². The monoisotopic (exact) mass is 386 g/mol. The minimum absolute atomic E-state index is 0.0476. The third-order valence-electron chi connectivity index (χ3n) is 4.51. The van der Waals surface area contributed by atoms with E-state index in [4.69, 9.17) is 15.2 Å². The van der Waals surface area contributed by atoms with Gasteiger partial charge in [0.2, 0.25) is 0 Å². The molecule has 2 aromatic rings. The average Bonchev–Trinajstić information content (AvgIpc) is 2.75. The normalized spacial score (nSPS) is 13.4. The van der Waals surface area contributed by atoms with Gasteiger partial charge in [-0.3, -0.25) is 4.79 Å². The van der Waals surface area contributed by atoms with E-state index in [0.717, 1.165) is 31.6 Å². The number of hydrogen-bond acceptors (Lipinski definition) is 4. The Balaban J connectivity index is 0.000000363. The van der Waals surface area contributed by atoms with Gasteiger partial charge in [0.05, 0.1) is 19.8 Å². The zero-order valence-corrected chi connectivity index (χ0v) is 17.8. The van der Waals surface area contributed by atoms with Gasteiger partial charge in [0, 0.05) is 24.8 Å². The fourth-order valence-corrected chi connectivity index (χ4v) is 2.81. The molecular weight excluding hydrogens is 352 g/mol. The maximum absolute atomic E-state index is 12.5. The van der Waals surface area contributed by atoms with E-state index in [-0.39, 0.29) is 5.91 Å². The molecule has 1 saturated heterocycles. The van der Waals surface area contributed by atoms with Crippen LogP contribution >= 0.6 is 0 Å². The number of ether oxygens (including phenoxy) is 2. The fourth-order valence-electron chi connectivity index (χ4n) is 2.81. The first-order valence-corrected chi connectivity index (χ1v) is 9.87. The van der Waals surface area contributed by atoms with E-state index >= 15 is 0 Å². The second-order valence-electron chi connectivity index (χ2n) is 6.45. The lowest BCUT2D eigenvalue weighted by Crippen LogP contribution is -2.38. The summed E-state index contributed by atoms with van der Waals surface area (Å²) in [6.45, 7) is 7.89. The second kappa shape index (κ2) is 12.7. The summed E-state index contributed by atoms with van der Waals surface area (Å²) >= 11 is 0. The van der Waals surface area contributed by atoms with Gasteiger partial charge in [-0.05, 0) is 43.0 Å². The van der Waals surface area contributed by atoms with Gasteiger partial charge in [0.25, 0.3) is 5.91 Å². The number of methoxy groups -OCH3 is 2. The van der Waals surface area contributed by atoms with Gasteiger partial charge in [-0.2, -0.15) is 0 Å². The Morgan fingerprint density at radius 2 is 1.61 bits per heavy atom. The summed E-state index contributed by atoms with van der Waals surface area (Å²) in [7, 11) is 3.17. The Bertz CT molecular complexity index is 696. The molecule has 5 nitrogen and oxygen atoms in total. The van der Waals surface area contributed by atoms with Crippen LogP contribution in [-0.2, 0) is 0 Å². The number of benzene rings is 2. The maximum atomic E-state index is 12.5. The van der Waals surface area contributed by atoms with Crippen molar-refractivity contribution in [2.45, 2.75) is 33.6 Å². The molecule has 2 N–H and O–H groups in total. The van der Waals surface area contributed by atoms with Crippen LogP contribution in [0.4, 0.5) is 5.69 Å². The van der Waals surface area contributed by atoms with Crippen LogP contribution in [0.25, 0.3) is 0 Å². The highest BCUT2D eigenvalue weighted by Crippen LogP contribution is 2.27. The van der Waals surface area contributed by atoms with Gasteiger partial charge in [0.1, 0.15) is 11.5 Å². The van der Waals surface area contributed by atoms with Crippen LogP contribution in [0.1, 0.15) is 44.0 Å². The highest BCUT2D eigenvalue weighted by atomic mass is 16.5. The summed E-state index contributed by atoms with van der Waals surface area (Å²) < 4.78 is 10.4. The molecule has 154 valence electrons. The fraction of sp³-hybridized carbons (Fsp3) is 0.435. The zero-order valence-electron chi connectivity index (χ0n) is 17.8. The molecule has 1 aliphatic rings. The van der Waals surface area contributed by atoms with Crippen LogP contribution in [0.3, 0.4) is 0 Å². The van der Waals surface area contributed by atoms with Gasteiger partial charge in [-0.15, -0.1) is 0 Å². The Labute approximate surface area is 169 Å². The van der Waals surface area contributed by atoms with Gasteiger partial charge >= 0.3 is 0 Å². The number of rotatable bonds is 3. The highest BCUT2D eigenvalue weighted by molar-refractivity contribution is 5.97. The van der Waals surface area contributed by atoms with Gasteiger partial charge < -0.3 is 20.1 Å². The summed E-state index contributed by atoms with van der Waals surface area (Å²) in [5, 5.41) is 0. The average molecular weight is 387 g/mol. The third-order valence-corrected chi connectivity index (χ3v) is 4.51. The topological polar surface area (TPSA) is 64.8 Å². The Morgan fingerprint density at radius 3 is 2.07 bits per heavy atom. The SMILES string of the molecule is CC.COc1ccc(C(=O)N2CCC(C)CC2)c(OC)c1.Nc1ccccc1. The maximum Gasteiger partial charge on any atom is 0.257 e. The summed E-state index contributed by atoms with van der Waals surface area (Å²) in [6, 6.07) is 14.8. The minimum atomic E-state index is 0.0476. The molecule has 0 radical (unpaired) electrons. The van der Waals surface area contributed by atoms with Crippen LogP contribution < -0.4 is 15.2 Å². The number of amides is 1. The number of carbonyl (C=O) groups is 1. The Morgan fingerprint density at radius 1 is 1.00 bits per heavy atom. The van der Waals surface area contributed by atoms with E-state index in [1.54, 1.807) is 32.4 Å². The first-order valence-electron chi connectivity index (χ1n) is 9.87. The van der Waals surface area contributed by atoms with Crippen molar-refractivity contribution in [1.29, 1.82) is 0 Å². The van der Waals surface area contributed by atoms with E-state index in [1.165, 1.54) is 0 Å². The molecule has 28 heavy (non-hydrogen) atoms. The molecule has 0 aromatic heterocycles. The van der Waals surface area contributed by atoms with Crippen molar-refractivity contribution in [1.82, 2.24) is 4.90 Å². The Hall–Kier alpha value is -2.69. The number of nitrogen functional groups attached to an aromatic ring is 1. The number of piperidine rings is 1. The van der Waals surface area contributed by atoms with E-state index < -0.39 is 0 Å². The van der Waals surface area contributed by atoms with Crippen molar-refractivity contribution in [2.24, 2.45) is 5.92 Å². The summed E-state index contributed by atoms with van der Waals surface area (Å²) in [6.07, 6.45) is 2.15. The number of anilines is 1. The molecule has 0 spiro atoms. The van der Waals surface area contributed by atoms with E-state index in [0.29, 0.717) is 23.0 Å². The van der Waals surface area contributed by atoms with Crippen molar-refractivity contribution < 1.29 is 14.3 Å². The van der Waals surface area contributed by atoms with Gasteiger partial charge in [-0.25, -0.2) is 0 Å². The van der Waals surface area contributed by atoms with Crippen molar-refractivity contribution in [3.63, 3.8) is 0 Å². The predicted octanol–water partition coefficient (Wildman–Crippen LogP) is 4.87. The standard InChI is InChI=1S/C15H21NO3.C6H7N.C2H6/c1-11-6-8-16(9-7-11)15(17)13-5-4-12(18-2)10-14(13)19-3;7-6-4-2-1-3-5-6;1-2/h4-5,10-11H,6-9H2,1-3H3;1-5H,7H2;1-2H3. The van der Waals surface area contributed by atoms with E-state index in [1.807, 2.05) is 49.1 Å². The molecule has 0 saturated carbocycles. The van der Waals surface area contributed by atoms with Crippen LogP contribution in [0.15, 0.2) is 48.5 Å². The number of hydrogen-bond donors (Lipinski definition) is 1. The zero-order chi connectivity index (χ0) is 20.9. The Kier molecular flexibility index (Phi) is 10.6. The van der Waals surface area contributed by atoms with Crippen molar-refractivity contribution in [2.75, 3.05) is 33.0 Å². The smallest absolute Gasteiger partial charge is 0.257 e. The van der Waals surface area contributed by atoms with Crippen molar-refractivity contribution in [3.8, 4) is 11.5 Å². The molecule has 3 rings (SSSR count). The van der Waals surface area contributed by atoms with Crippen molar-refractivity contribution in [3.05, 3.63) is 54.1 Å². The molecule has 0 bridgehead atoms. The summed E-state index contributed by atoms with van der Waals surface area (Å²) in [4.78, 5) is 14.4. The molecular formula is C23H34N2O3. The molecule has 1 fully saturated rings. The van der Waals surface area contributed by atoms with E-state index in [9.17, 15) is 4.79 Å².